The fourth-order valence-electron chi connectivity index (χ4n) is 3.80. The molecule has 1 heterocycles. The number of hydrogen-bond donors (Lipinski definition) is 0. The number of rotatable bonds is 3. The molecule has 1 saturated heterocycles. The van der Waals surface area contributed by atoms with Crippen LogP contribution >= 0.6 is 0 Å². The number of fused-ring (bicyclic) bond motifs is 1. The molecule has 2 aliphatic carbocycles. The maximum Gasteiger partial charge on any atom is 0.00217 e. The van der Waals surface area contributed by atoms with E-state index in [1.54, 1.807) is 11.1 Å². The highest BCUT2D eigenvalue weighted by Gasteiger charge is 2.21. The summed E-state index contributed by atoms with van der Waals surface area (Å²) in [6, 6.07) is 0. The van der Waals surface area contributed by atoms with Gasteiger partial charge in [-0.1, -0.05) is 36.1 Å². The summed E-state index contributed by atoms with van der Waals surface area (Å²) < 4.78 is 0. The molecule has 0 radical (unpaired) electrons. The molecule has 0 aromatic rings. The van der Waals surface area contributed by atoms with E-state index in [1.807, 2.05) is 0 Å². The molecule has 1 nitrogen and oxygen atoms in total. The molecule has 100 valence electrons. The first-order valence-electron chi connectivity index (χ1n) is 8.04. The van der Waals surface area contributed by atoms with Gasteiger partial charge in [-0.2, -0.15) is 0 Å². The molecule has 1 heteroatoms. The van der Waals surface area contributed by atoms with Crippen molar-refractivity contribution < 1.29 is 0 Å². The average molecular weight is 245 g/mol. The highest BCUT2D eigenvalue weighted by Crippen LogP contribution is 2.36. The van der Waals surface area contributed by atoms with Gasteiger partial charge in [-0.3, -0.25) is 0 Å². The van der Waals surface area contributed by atoms with Crippen molar-refractivity contribution in [2.45, 2.75) is 57.8 Å². The van der Waals surface area contributed by atoms with Crippen molar-refractivity contribution in [3.8, 4) is 0 Å². The van der Waals surface area contributed by atoms with Crippen LogP contribution in [0.1, 0.15) is 57.8 Å². The Hall–Kier alpha value is -0.560. The van der Waals surface area contributed by atoms with E-state index in [-0.39, 0.29) is 0 Å². The number of piperidine rings is 1. The molecule has 0 aromatic carbocycles. The van der Waals surface area contributed by atoms with Gasteiger partial charge >= 0.3 is 0 Å². The molecule has 3 rings (SSSR count). The van der Waals surface area contributed by atoms with E-state index in [1.165, 1.54) is 77.4 Å². The van der Waals surface area contributed by atoms with Gasteiger partial charge in [0.15, 0.2) is 0 Å². The third-order valence-corrected chi connectivity index (χ3v) is 4.99. The van der Waals surface area contributed by atoms with E-state index in [4.69, 9.17) is 0 Å². The fraction of sp³-hybridized carbons (Fsp3) is 0.765. The van der Waals surface area contributed by atoms with E-state index in [0.29, 0.717) is 0 Å². The molecule has 1 aliphatic heterocycles. The second kappa shape index (κ2) is 6.06. The fourth-order valence-corrected chi connectivity index (χ4v) is 3.80. The van der Waals surface area contributed by atoms with Gasteiger partial charge in [-0.05, 0) is 64.0 Å². The number of likely N-dealkylation sites (tertiary alicyclic amines) is 1. The summed E-state index contributed by atoms with van der Waals surface area (Å²) in [5.41, 5.74) is 3.41. The molecule has 18 heavy (non-hydrogen) atoms. The Kier molecular flexibility index (Phi) is 4.20. The zero-order valence-electron chi connectivity index (χ0n) is 11.7. The molecule has 2 fully saturated rings. The van der Waals surface area contributed by atoms with Gasteiger partial charge in [-0.25, -0.2) is 0 Å². The first-order valence-corrected chi connectivity index (χ1v) is 8.04. The zero-order valence-corrected chi connectivity index (χ0v) is 11.7. The van der Waals surface area contributed by atoms with E-state index in [9.17, 15) is 0 Å². The maximum atomic E-state index is 2.66. The van der Waals surface area contributed by atoms with Crippen LogP contribution in [0.2, 0.25) is 0 Å². The Morgan fingerprint density at radius 1 is 1.06 bits per heavy atom. The molecular weight excluding hydrogens is 218 g/mol. The van der Waals surface area contributed by atoms with Crippen LogP contribution in [0.15, 0.2) is 23.3 Å². The molecule has 0 aromatic heterocycles. The van der Waals surface area contributed by atoms with Crippen LogP contribution in [0.25, 0.3) is 0 Å². The summed E-state index contributed by atoms with van der Waals surface area (Å²) in [5.74, 6) is 0.914. The molecular formula is C17H27N. The molecule has 0 spiro atoms. The maximum absolute atomic E-state index is 2.66. The Morgan fingerprint density at radius 2 is 1.94 bits per heavy atom. The van der Waals surface area contributed by atoms with Crippen LogP contribution in [0.3, 0.4) is 0 Å². The molecule has 1 unspecified atom stereocenters. The molecule has 0 bridgehead atoms. The van der Waals surface area contributed by atoms with Crippen molar-refractivity contribution >= 4 is 0 Å². The van der Waals surface area contributed by atoms with Crippen LogP contribution < -0.4 is 0 Å². The molecule has 1 saturated carbocycles. The number of hydrogen-bond acceptors (Lipinski definition) is 1. The monoisotopic (exact) mass is 245 g/mol. The number of nitrogens with zero attached hydrogens (tertiary/aromatic N) is 1. The molecule has 0 amide bonds. The van der Waals surface area contributed by atoms with Crippen LogP contribution in [0.5, 0.6) is 0 Å². The summed E-state index contributed by atoms with van der Waals surface area (Å²) in [7, 11) is 0. The second-order valence-corrected chi connectivity index (χ2v) is 6.33. The predicted molar refractivity (Wildman–Crippen MR) is 77.6 cm³/mol. The molecule has 1 atom stereocenters. The van der Waals surface area contributed by atoms with Gasteiger partial charge in [0.25, 0.3) is 0 Å². The molecule has 3 aliphatic rings. The second-order valence-electron chi connectivity index (χ2n) is 6.33. The highest BCUT2D eigenvalue weighted by atomic mass is 15.1. The lowest BCUT2D eigenvalue weighted by molar-refractivity contribution is 0.231. The van der Waals surface area contributed by atoms with Gasteiger partial charge in [-0.15, -0.1) is 0 Å². The molecule has 0 N–H and O–H groups in total. The topological polar surface area (TPSA) is 3.24 Å². The van der Waals surface area contributed by atoms with Crippen LogP contribution in [0.4, 0.5) is 0 Å². The van der Waals surface area contributed by atoms with Gasteiger partial charge in [0.2, 0.25) is 0 Å². The third kappa shape index (κ3) is 3.06. The Labute approximate surface area is 112 Å². The van der Waals surface area contributed by atoms with Crippen molar-refractivity contribution in [3.63, 3.8) is 0 Å². The summed E-state index contributed by atoms with van der Waals surface area (Å²) in [6.45, 7) is 3.97. The van der Waals surface area contributed by atoms with E-state index >= 15 is 0 Å². The van der Waals surface area contributed by atoms with Crippen LogP contribution in [0, 0.1) is 5.92 Å². The summed E-state index contributed by atoms with van der Waals surface area (Å²) in [4.78, 5) is 2.66. The Balaban J connectivity index is 1.51. The van der Waals surface area contributed by atoms with Gasteiger partial charge < -0.3 is 4.90 Å². The van der Waals surface area contributed by atoms with Crippen LogP contribution in [-0.4, -0.2) is 24.5 Å². The first kappa shape index (κ1) is 12.5. The third-order valence-electron chi connectivity index (χ3n) is 4.99. The zero-order chi connectivity index (χ0) is 12.2. The van der Waals surface area contributed by atoms with Crippen molar-refractivity contribution in [1.82, 2.24) is 4.90 Å². The quantitative estimate of drug-likeness (QED) is 0.716. The van der Waals surface area contributed by atoms with E-state index in [2.05, 4.69) is 17.1 Å². The lowest BCUT2D eigenvalue weighted by Gasteiger charge is -2.30. The largest absolute Gasteiger partial charge is 0.303 e. The van der Waals surface area contributed by atoms with Gasteiger partial charge in [0, 0.05) is 6.54 Å². The Bertz CT molecular complexity index is 334. The standard InChI is InChI=1S/C17H27N/c1-4-11-18(12-5-1)13-10-15-8-9-16-6-2-3-7-17(16)14-15/h8,14,16H,1-7,9-13H2. The van der Waals surface area contributed by atoms with Crippen molar-refractivity contribution in [2.24, 2.45) is 5.92 Å². The minimum Gasteiger partial charge on any atom is -0.303 e. The van der Waals surface area contributed by atoms with Gasteiger partial charge in [0.1, 0.15) is 0 Å². The SMILES string of the molecule is C1=C(CCN2CCCCC2)C=C2CCCCC2C1. The lowest BCUT2D eigenvalue weighted by atomic mass is 9.78. The summed E-state index contributed by atoms with van der Waals surface area (Å²) >= 11 is 0. The van der Waals surface area contributed by atoms with Crippen molar-refractivity contribution in [2.75, 3.05) is 19.6 Å². The smallest absolute Gasteiger partial charge is 0.00217 e. The van der Waals surface area contributed by atoms with E-state index < -0.39 is 0 Å². The minimum atomic E-state index is 0.914. The first-order chi connectivity index (χ1) is 8.92. The van der Waals surface area contributed by atoms with E-state index in [0.717, 1.165) is 5.92 Å². The van der Waals surface area contributed by atoms with Crippen LogP contribution in [-0.2, 0) is 0 Å². The number of allylic oxidation sites excluding steroid dienone is 3. The minimum absolute atomic E-state index is 0.914. The van der Waals surface area contributed by atoms with Crippen molar-refractivity contribution in [1.29, 1.82) is 0 Å². The highest BCUT2D eigenvalue weighted by molar-refractivity contribution is 5.30. The summed E-state index contributed by atoms with van der Waals surface area (Å²) in [6.07, 6.45) is 17.7. The summed E-state index contributed by atoms with van der Waals surface area (Å²) in [5, 5.41) is 0. The average Bonchev–Trinajstić information content (AvgIpc) is 2.46. The Morgan fingerprint density at radius 3 is 2.83 bits per heavy atom. The normalized spacial score (nSPS) is 29.4. The van der Waals surface area contributed by atoms with Gasteiger partial charge in [0.05, 0.1) is 0 Å². The predicted octanol–water partition coefficient (Wildman–Crippen LogP) is 4.31. The lowest BCUT2D eigenvalue weighted by Crippen LogP contribution is -2.30. The van der Waals surface area contributed by atoms with Crippen molar-refractivity contribution in [3.05, 3.63) is 23.3 Å².